The Morgan fingerprint density at radius 2 is 1.75 bits per heavy atom. The molecule has 5 nitrogen and oxygen atoms in total. The lowest BCUT2D eigenvalue weighted by Gasteiger charge is -2.21. The first-order chi connectivity index (χ1) is 11.5. The second-order valence-electron chi connectivity index (χ2n) is 5.58. The number of anilines is 2. The van der Waals surface area contributed by atoms with Crippen LogP contribution in [0.15, 0.2) is 51.7 Å². The Kier molecular flexibility index (Phi) is 4.16. The fraction of sp³-hybridized carbons (Fsp3) is 0.211. The molecule has 0 aliphatic heterocycles. The fourth-order valence-corrected chi connectivity index (χ4v) is 2.81. The van der Waals surface area contributed by atoms with Crippen molar-refractivity contribution in [2.24, 2.45) is 0 Å². The zero-order chi connectivity index (χ0) is 17.3. The van der Waals surface area contributed by atoms with Crippen LogP contribution < -0.4 is 16.1 Å². The van der Waals surface area contributed by atoms with Gasteiger partial charge in [-0.1, -0.05) is 0 Å². The van der Waals surface area contributed by atoms with Gasteiger partial charge >= 0.3 is 0 Å². The molecule has 1 heterocycles. The van der Waals surface area contributed by atoms with Crippen LogP contribution in [0.5, 0.6) is 5.75 Å². The van der Waals surface area contributed by atoms with Gasteiger partial charge in [-0.15, -0.1) is 0 Å². The van der Waals surface area contributed by atoms with Crippen LogP contribution in [0.2, 0.25) is 0 Å². The Labute approximate surface area is 139 Å². The summed E-state index contributed by atoms with van der Waals surface area (Å²) in [5.74, 6) is -0.230. The summed E-state index contributed by atoms with van der Waals surface area (Å²) in [4.78, 5) is 14.6. The summed E-state index contributed by atoms with van der Waals surface area (Å²) in [6.07, 6.45) is 0. The molecule has 5 heteroatoms. The van der Waals surface area contributed by atoms with E-state index in [1.54, 1.807) is 12.1 Å². The maximum atomic E-state index is 12.4. The van der Waals surface area contributed by atoms with Crippen molar-refractivity contribution in [1.29, 1.82) is 0 Å². The molecule has 3 rings (SSSR count). The van der Waals surface area contributed by atoms with Crippen LogP contribution in [0.25, 0.3) is 22.3 Å². The van der Waals surface area contributed by atoms with Gasteiger partial charge in [0.2, 0.25) is 11.2 Å². The molecule has 0 saturated heterocycles. The first kappa shape index (κ1) is 15.9. The summed E-state index contributed by atoms with van der Waals surface area (Å²) in [6, 6.07) is 12.4. The van der Waals surface area contributed by atoms with E-state index in [0.717, 1.165) is 18.8 Å². The molecule has 2 aromatic carbocycles. The molecular formula is C19H20N2O3. The molecule has 3 aromatic rings. The molecule has 1 aromatic heterocycles. The predicted molar refractivity (Wildman–Crippen MR) is 97.6 cm³/mol. The molecule has 0 spiro atoms. The SMILES string of the molecule is CCN(CC)c1ccc(-c2oc3ccc(N)cc3c(=O)c2O)cc1. The van der Waals surface area contributed by atoms with Crippen LogP contribution in [-0.4, -0.2) is 18.2 Å². The molecule has 0 bridgehead atoms. The molecule has 3 N–H and O–H groups in total. The number of hydrogen-bond donors (Lipinski definition) is 2. The molecule has 0 aliphatic rings. The summed E-state index contributed by atoms with van der Waals surface area (Å²) < 4.78 is 5.75. The second-order valence-corrected chi connectivity index (χ2v) is 5.58. The van der Waals surface area contributed by atoms with Gasteiger partial charge in [-0.3, -0.25) is 4.79 Å². The van der Waals surface area contributed by atoms with Gasteiger partial charge in [-0.05, 0) is 56.3 Å². The summed E-state index contributed by atoms with van der Waals surface area (Å²) in [7, 11) is 0. The maximum absolute atomic E-state index is 12.4. The highest BCUT2D eigenvalue weighted by Crippen LogP contribution is 2.31. The zero-order valence-electron chi connectivity index (χ0n) is 13.7. The van der Waals surface area contributed by atoms with Crippen molar-refractivity contribution >= 4 is 22.3 Å². The smallest absolute Gasteiger partial charge is 0.235 e. The fourth-order valence-electron chi connectivity index (χ4n) is 2.81. The van der Waals surface area contributed by atoms with Crippen molar-refractivity contribution in [3.05, 3.63) is 52.7 Å². The number of benzene rings is 2. The lowest BCUT2D eigenvalue weighted by molar-refractivity contribution is 0.449. The molecule has 124 valence electrons. The van der Waals surface area contributed by atoms with Gasteiger partial charge in [0.15, 0.2) is 5.76 Å². The summed E-state index contributed by atoms with van der Waals surface area (Å²) >= 11 is 0. The minimum atomic E-state index is -0.480. The molecule has 0 atom stereocenters. The van der Waals surface area contributed by atoms with Crippen molar-refractivity contribution < 1.29 is 9.52 Å². The van der Waals surface area contributed by atoms with E-state index >= 15 is 0 Å². The molecule has 0 fully saturated rings. The average molecular weight is 324 g/mol. The lowest BCUT2D eigenvalue weighted by atomic mass is 10.1. The Morgan fingerprint density at radius 3 is 2.38 bits per heavy atom. The van der Waals surface area contributed by atoms with Gasteiger partial charge in [0.1, 0.15) is 5.58 Å². The van der Waals surface area contributed by atoms with Gasteiger partial charge < -0.3 is 20.2 Å². The van der Waals surface area contributed by atoms with Crippen molar-refractivity contribution in [3.63, 3.8) is 0 Å². The van der Waals surface area contributed by atoms with E-state index in [2.05, 4.69) is 18.7 Å². The lowest BCUT2D eigenvalue weighted by Crippen LogP contribution is -2.21. The van der Waals surface area contributed by atoms with Crippen molar-refractivity contribution in [3.8, 4) is 17.1 Å². The number of fused-ring (bicyclic) bond motifs is 1. The Bertz CT molecular complexity index is 926. The first-order valence-corrected chi connectivity index (χ1v) is 7.95. The normalized spacial score (nSPS) is 10.9. The molecular weight excluding hydrogens is 304 g/mol. The third-order valence-electron chi connectivity index (χ3n) is 4.15. The van der Waals surface area contributed by atoms with Crippen molar-refractivity contribution in [1.82, 2.24) is 0 Å². The van der Waals surface area contributed by atoms with Gasteiger partial charge in [0, 0.05) is 30.0 Å². The summed E-state index contributed by atoms with van der Waals surface area (Å²) in [5, 5.41) is 10.5. The van der Waals surface area contributed by atoms with Crippen LogP contribution in [0.4, 0.5) is 11.4 Å². The number of aromatic hydroxyl groups is 1. The monoisotopic (exact) mass is 324 g/mol. The van der Waals surface area contributed by atoms with Crippen LogP contribution in [0.3, 0.4) is 0 Å². The van der Waals surface area contributed by atoms with Crippen LogP contribution >= 0.6 is 0 Å². The number of nitrogens with zero attached hydrogens (tertiary/aromatic N) is 1. The van der Waals surface area contributed by atoms with E-state index in [1.165, 1.54) is 6.07 Å². The van der Waals surface area contributed by atoms with E-state index in [4.69, 9.17) is 10.2 Å². The van der Waals surface area contributed by atoms with E-state index in [9.17, 15) is 9.90 Å². The first-order valence-electron chi connectivity index (χ1n) is 7.95. The standard InChI is InChI=1S/C19H20N2O3/c1-3-21(4-2)14-8-5-12(6-9-14)19-18(23)17(22)15-11-13(20)7-10-16(15)24-19/h5-11,23H,3-4,20H2,1-2H3. The number of nitrogen functional groups attached to an aromatic ring is 1. The molecule has 0 aliphatic carbocycles. The maximum Gasteiger partial charge on any atom is 0.235 e. The predicted octanol–water partition coefficient (Wildman–Crippen LogP) is 3.59. The van der Waals surface area contributed by atoms with E-state index < -0.39 is 11.2 Å². The Balaban J connectivity index is 2.11. The Hall–Kier alpha value is -2.95. The molecule has 24 heavy (non-hydrogen) atoms. The van der Waals surface area contributed by atoms with Gasteiger partial charge in [0.05, 0.1) is 5.39 Å². The molecule has 0 unspecified atom stereocenters. The number of hydrogen-bond acceptors (Lipinski definition) is 5. The van der Waals surface area contributed by atoms with E-state index in [0.29, 0.717) is 16.8 Å². The average Bonchev–Trinajstić information content (AvgIpc) is 2.60. The largest absolute Gasteiger partial charge is 0.502 e. The highest BCUT2D eigenvalue weighted by molar-refractivity contribution is 5.84. The van der Waals surface area contributed by atoms with Crippen molar-refractivity contribution in [2.75, 3.05) is 23.7 Å². The highest BCUT2D eigenvalue weighted by atomic mass is 16.4. The number of nitrogens with two attached hydrogens (primary N) is 1. The third kappa shape index (κ3) is 2.69. The molecule has 0 amide bonds. The van der Waals surface area contributed by atoms with E-state index in [-0.39, 0.29) is 11.1 Å². The zero-order valence-corrected chi connectivity index (χ0v) is 13.7. The van der Waals surface area contributed by atoms with Gasteiger partial charge in [-0.25, -0.2) is 0 Å². The van der Waals surface area contributed by atoms with Crippen LogP contribution in [0.1, 0.15) is 13.8 Å². The topological polar surface area (TPSA) is 79.7 Å². The summed E-state index contributed by atoms with van der Waals surface area (Å²) in [5.41, 5.74) is 7.80. The molecule has 0 radical (unpaired) electrons. The van der Waals surface area contributed by atoms with Crippen LogP contribution in [-0.2, 0) is 0 Å². The van der Waals surface area contributed by atoms with Gasteiger partial charge in [0.25, 0.3) is 0 Å². The van der Waals surface area contributed by atoms with Crippen molar-refractivity contribution in [2.45, 2.75) is 13.8 Å². The van der Waals surface area contributed by atoms with Crippen LogP contribution in [0, 0.1) is 0 Å². The minimum Gasteiger partial charge on any atom is -0.502 e. The summed E-state index contributed by atoms with van der Waals surface area (Å²) in [6.45, 7) is 6.01. The third-order valence-corrected chi connectivity index (χ3v) is 4.15. The highest BCUT2D eigenvalue weighted by Gasteiger charge is 2.15. The number of rotatable bonds is 4. The Morgan fingerprint density at radius 1 is 1.08 bits per heavy atom. The van der Waals surface area contributed by atoms with E-state index in [1.807, 2.05) is 24.3 Å². The van der Waals surface area contributed by atoms with Gasteiger partial charge in [-0.2, -0.15) is 0 Å². The molecule has 0 saturated carbocycles. The second kappa shape index (κ2) is 6.28. The minimum absolute atomic E-state index is 0.170. The quantitative estimate of drug-likeness (QED) is 0.717.